The van der Waals surface area contributed by atoms with Gasteiger partial charge in [0.1, 0.15) is 17.6 Å². The van der Waals surface area contributed by atoms with Gasteiger partial charge in [-0.3, -0.25) is 4.79 Å². The number of aryl methyl sites for hydroxylation is 1. The van der Waals surface area contributed by atoms with Crippen LogP contribution >= 0.6 is 22.6 Å². The van der Waals surface area contributed by atoms with E-state index in [1.165, 1.54) is 6.08 Å². The number of halogens is 1. The minimum Gasteiger partial charge on any atom is -0.451 e. The molecule has 2 heterocycles. The fourth-order valence-electron chi connectivity index (χ4n) is 2.36. The second-order valence-electron chi connectivity index (χ2n) is 5.22. The Labute approximate surface area is 153 Å². The molecule has 1 atom stereocenters. The topological polar surface area (TPSA) is 60.1 Å². The predicted molar refractivity (Wildman–Crippen MR) is 100 cm³/mol. The summed E-state index contributed by atoms with van der Waals surface area (Å²) in [5.74, 6) is 1.21. The van der Waals surface area contributed by atoms with Crippen molar-refractivity contribution in [3.8, 4) is 0 Å². The van der Waals surface area contributed by atoms with Gasteiger partial charge in [-0.15, -0.1) is 0 Å². The van der Waals surface area contributed by atoms with E-state index < -0.39 is 0 Å². The van der Waals surface area contributed by atoms with Crippen molar-refractivity contribution in [1.29, 1.82) is 0 Å². The third kappa shape index (κ3) is 3.94. The lowest BCUT2D eigenvalue weighted by Crippen LogP contribution is -2.29. The summed E-state index contributed by atoms with van der Waals surface area (Å²) >= 11 is 2.08. The first-order chi connectivity index (χ1) is 11.6. The van der Waals surface area contributed by atoms with E-state index in [1.54, 1.807) is 12.3 Å². The Morgan fingerprint density at radius 2 is 2.08 bits per heavy atom. The molecule has 0 aliphatic heterocycles. The van der Waals surface area contributed by atoms with Crippen molar-refractivity contribution in [1.82, 2.24) is 14.9 Å². The number of nitrogens with one attached hydrogen (secondary N) is 1. The van der Waals surface area contributed by atoms with Gasteiger partial charge < -0.3 is 14.3 Å². The van der Waals surface area contributed by atoms with E-state index in [-0.39, 0.29) is 11.9 Å². The number of hydrogen-bond donors (Lipinski definition) is 1. The maximum Gasteiger partial charge on any atom is 0.244 e. The van der Waals surface area contributed by atoms with Gasteiger partial charge in [0.2, 0.25) is 5.91 Å². The second kappa shape index (κ2) is 7.48. The molecule has 0 bridgehead atoms. The highest BCUT2D eigenvalue weighted by Gasteiger charge is 2.19. The van der Waals surface area contributed by atoms with E-state index >= 15 is 0 Å². The first kappa shape index (κ1) is 16.5. The summed E-state index contributed by atoms with van der Waals surface area (Å²) in [6.45, 7) is 0. The fourth-order valence-corrected chi connectivity index (χ4v) is 2.80. The molecule has 24 heavy (non-hydrogen) atoms. The lowest BCUT2D eigenvalue weighted by Gasteiger charge is -2.18. The van der Waals surface area contributed by atoms with Gasteiger partial charge in [-0.1, -0.05) is 30.3 Å². The van der Waals surface area contributed by atoms with Crippen LogP contribution in [0.1, 0.15) is 23.2 Å². The van der Waals surface area contributed by atoms with Crippen molar-refractivity contribution in [3.05, 3.63) is 81.8 Å². The number of carbonyl (C=O) groups excluding carboxylic acids is 1. The molecule has 122 valence electrons. The van der Waals surface area contributed by atoms with Crippen LogP contribution < -0.4 is 5.32 Å². The Morgan fingerprint density at radius 3 is 2.71 bits per heavy atom. The summed E-state index contributed by atoms with van der Waals surface area (Å²) in [7, 11) is 1.91. The van der Waals surface area contributed by atoms with E-state index in [1.807, 2.05) is 60.3 Å². The quantitative estimate of drug-likeness (QED) is 0.495. The Hall–Kier alpha value is -2.35. The number of carbonyl (C=O) groups is 1. The summed E-state index contributed by atoms with van der Waals surface area (Å²) in [5, 5.41) is 3.00. The Kier molecular flexibility index (Phi) is 5.14. The fraction of sp³-hybridized carbons (Fsp3) is 0.111. The van der Waals surface area contributed by atoms with Crippen LogP contribution in [0.25, 0.3) is 6.08 Å². The number of hydrogen-bond acceptors (Lipinski definition) is 3. The van der Waals surface area contributed by atoms with Crippen molar-refractivity contribution in [3.63, 3.8) is 0 Å². The van der Waals surface area contributed by atoms with Crippen molar-refractivity contribution in [2.75, 3.05) is 0 Å². The van der Waals surface area contributed by atoms with E-state index in [0.717, 1.165) is 15.2 Å². The number of imidazole rings is 1. The number of amides is 1. The average molecular weight is 433 g/mol. The third-order valence-corrected chi connectivity index (χ3v) is 4.11. The molecule has 1 N–H and O–H groups in total. The lowest BCUT2D eigenvalue weighted by molar-refractivity contribution is -0.117. The smallest absolute Gasteiger partial charge is 0.244 e. The molecule has 0 fully saturated rings. The van der Waals surface area contributed by atoms with E-state index in [2.05, 4.69) is 32.9 Å². The van der Waals surface area contributed by atoms with Crippen molar-refractivity contribution in [2.24, 2.45) is 7.05 Å². The number of nitrogens with zero attached hydrogens (tertiary/aromatic N) is 2. The molecule has 0 aliphatic carbocycles. The summed E-state index contributed by atoms with van der Waals surface area (Å²) in [6.07, 6.45) is 6.70. The molecule has 6 heteroatoms. The van der Waals surface area contributed by atoms with E-state index in [9.17, 15) is 4.79 Å². The van der Waals surface area contributed by atoms with Gasteiger partial charge in [0.25, 0.3) is 0 Å². The average Bonchev–Trinajstić information content (AvgIpc) is 3.20. The van der Waals surface area contributed by atoms with Crippen LogP contribution in [0.3, 0.4) is 0 Å². The molecule has 1 amide bonds. The minimum absolute atomic E-state index is 0.210. The first-order valence-corrected chi connectivity index (χ1v) is 8.47. The van der Waals surface area contributed by atoms with Gasteiger partial charge in [-0.25, -0.2) is 4.98 Å². The van der Waals surface area contributed by atoms with Gasteiger partial charge in [0, 0.05) is 25.5 Å². The zero-order chi connectivity index (χ0) is 16.9. The Bertz CT molecular complexity index is 852. The Morgan fingerprint density at radius 1 is 1.29 bits per heavy atom. The molecule has 0 saturated carbocycles. The number of benzene rings is 1. The zero-order valence-corrected chi connectivity index (χ0v) is 15.2. The Balaban J connectivity index is 1.80. The summed E-state index contributed by atoms with van der Waals surface area (Å²) < 4.78 is 8.10. The summed E-state index contributed by atoms with van der Waals surface area (Å²) in [5.41, 5.74) is 0.973. The van der Waals surface area contributed by atoms with Gasteiger partial charge >= 0.3 is 0 Å². The lowest BCUT2D eigenvalue weighted by atomic mass is 10.1. The normalized spacial score (nSPS) is 12.4. The zero-order valence-electron chi connectivity index (χ0n) is 13.0. The maximum atomic E-state index is 12.3. The van der Waals surface area contributed by atoms with Gasteiger partial charge in [0.05, 0.1) is 0 Å². The van der Waals surface area contributed by atoms with Crippen LogP contribution in [0.2, 0.25) is 0 Å². The van der Waals surface area contributed by atoms with Gasteiger partial charge in [0.15, 0.2) is 3.77 Å². The molecule has 0 aliphatic rings. The molecule has 0 unspecified atom stereocenters. The highest BCUT2D eigenvalue weighted by atomic mass is 127. The molecule has 0 radical (unpaired) electrons. The molecule has 2 aromatic heterocycles. The van der Waals surface area contributed by atoms with Crippen molar-refractivity contribution in [2.45, 2.75) is 6.04 Å². The molecule has 1 aromatic carbocycles. The highest BCUT2D eigenvalue weighted by molar-refractivity contribution is 14.1. The molecule has 5 nitrogen and oxygen atoms in total. The van der Waals surface area contributed by atoms with E-state index in [4.69, 9.17) is 4.42 Å². The number of rotatable bonds is 5. The SMILES string of the molecule is Cn1ccnc1[C@H](NC(=O)/C=C\c1ccc(I)o1)c1ccccc1. The first-order valence-electron chi connectivity index (χ1n) is 7.39. The number of aromatic nitrogens is 2. The van der Waals surface area contributed by atoms with Crippen LogP contribution in [0.15, 0.2) is 65.4 Å². The molecule has 3 rings (SSSR count). The third-order valence-electron chi connectivity index (χ3n) is 3.53. The van der Waals surface area contributed by atoms with Crippen LogP contribution in [0.4, 0.5) is 0 Å². The van der Waals surface area contributed by atoms with Crippen molar-refractivity contribution < 1.29 is 9.21 Å². The monoisotopic (exact) mass is 433 g/mol. The standard InChI is InChI=1S/C18H16IN3O2/c1-22-12-11-20-18(22)17(13-5-3-2-4-6-13)21-16(23)10-8-14-7-9-15(19)24-14/h2-12,17H,1H3,(H,21,23)/b10-8-/t17-/m1/s1. The van der Waals surface area contributed by atoms with E-state index in [0.29, 0.717) is 5.76 Å². The molecule has 0 spiro atoms. The molecular formula is C18H16IN3O2. The molecule has 3 aromatic rings. The predicted octanol–water partition coefficient (Wildman–Crippen LogP) is 3.54. The largest absolute Gasteiger partial charge is 0.451 e. The minimum atomic E-state index is -0.319. The maximum absolute atomic E-state index is 12.3. The second-order valence-corrected chi connectivity index (χ2v) is 6.29. The summed E-state index contributed by atoms with van der Waals surface area (Å²) in [6, 6.07) is 13.1. The van der Waals surface area contributed by atoms with Gasteiger partial charge in [-0.2, -0.15) is 0 Å². The molecular weight excluding hydrogens is 417 g/mol. The van der Waals surface area contributed by atoms with Crippen LogP contribution in [-0.4, -0.2) is 15.5 Å². The summed E-state index contributed by atoms with van der Waals surface area (Å²) in [4.78, 5) is 16.7. The number of furan rings is 1. The van der Waals surface area contributed by atoms with Crippen LogP contribution in [-0.2, 0) is 11.8 Å². The van der Waals surface area contributed by atoms with Crippen LogP contribution in [0, 0.1) is 3.77 Å². The molecule has 0 saturated heterocycles. The highest BCUT2D eigenvalue weighted by Crippen LogP contribution is 2.20. The van der Waals surface area contributed by atoms with Crippen LogP contribution in [0.5, 0.6) is 0 Å². The van der Waals surface area contributed by atoms with Crippen molar-refractivity contribution >= 4 is 34.6 Å². The van der Waals surface area contributed by atoms with Gasteiger partial charge in [-0.05, 0) is 46.4 Å².